The molecule has 0 atom stereocenters. The Morgan fingerprint density at radius 3 is 2.46 bits per heavy atom. The first-order chi connectivity index (χ1) is 12.3. The molecule has 1 amide bonds. The summed E-state index contributed by atoms with van der Waals surface area (Å²) in [5.41, 5.74) is 6.27. The topological polar surface area (TPSA) is 138 Å². The molecular formula is C17H15N5O4. The Morgan fingerprint density at radius 2 is 1.85 bits per heavy atom. The van der Waals surface area contributed by atoms with Crippen LogP contribution < -0.4 is 10.5 Å². The number of fused-ring (bicyclic) bond motifs is 1. The van der Waals surface area contributed by atoms with Gasteiger partial charge in [-0.2, -0.15) is 0 Å². The Balaban J connectivity index is 1.84. The first-order valence-corrected chi connectivity index (χ1v) is 7.52. The summed E-state index contributed by atoms with van der Waals surface area (Å²) < 4.78 is 5.68. The Bertz CT molecular complexity index is 1010. The van der Waals surface area contributed by atoms with E-state index in [2.05, 4.69) is 4.98 Å². The number of hydrogen-bond donors (Lipinski definition) is 3. The minimum Gasteiger partial charge on any atom is -0.457 e. The molecule has 1 aromatic heterocycles. The van der Waals surface area contributed by atoms with E-state index in [0.29, 0.717) is 22.7 Å². The van der Waals surface area contributed by atoms with E-state index in [4.69, 9.17) is 15.9 Å². The molecule has 0 spiro atoms. The number of nitrogens with one attached hydrogen (secondary N) is 2. The number of H-pyrrole nitrogens is 1. The first-order valence-electron chi connectivity index (χ1n) is 7.52. The number of ether oxygens (including phenoxy) is 1. The fourth-order valence-electron chi connectivity index (χ4n) is 2.35. The van der Waals surface area contributed by atoms with Gasteiger partial charge in [-0.05, 0) is 30.3 Å². The van der Waals surface area contributed by atoms with E-state index in [1.807, 2.05) is 0 Å². The van der Waals surface area contributed by atoms with Gasteiger partial charge in [0, 0.05) is 36.1 Å². The summed E-state index contributed by atoms with van der Waals surface area (Å²) in [7, 11) is 1.42. The highest BCUT2D eigenvalue weighted by molar-refractivity contribution is 6.05. The van der Waals surface area contributed by atoms with Crippen molar-refractivity contribution >= 4 is 28.5 Å². The monoisotopic (exact) mass is 353 g/mol. The van der Waals surface area contributed by atoms with Crippen molar-refractivity contribution in [3.63, 3.8) is 0 Å². The van der Waals surface area contributed by atoms with Crippen molar-refractivity contribution in [2.75, 3.05) is 7.05 Å². The Hall–Kier alpha value is -3.88. The summed E-state index contributed by atoms with van der Waals surface area (Å²) in [6, 6.07) is 12.6. The van der Waals surface area contributed by atoms with Gasteiger partial charge in [0.15, 0.2) is 5.96 Å². The van der Waals surface area contributed by atoms with Gasteiger partial charge in [-0.1, -0.05) is 0 Å². The predicted molar refractivity (Wildman–Crippen MR) is 95.5 cm³/mol. The van der Waals surface area contributed by atoms with E-state index in [1.54, 1.807) is 24.3 Å². The molecule has 3 aromatic rings. The van der Waals surface area contributed by atoms with Crippen molar-refractivity contribution < 1.29 is 14.5 Å². The number of benzene rings is 2. The largest absolute Gasteiger partial charge is 0.457 e. The highest BCUT2D eigenvalue weighted by atomic mass is 16.6. The van der Waals surface area contributed by atoms with Gasteiger partial charge in [0.05, 0.1) is 4.92 Å². The maximum absolute atomic E-state index is 12.2. The fourth-order valence-corrected chi connectivity index (χ4v) is 2.35. The van der Waals surface area contributed by atoms with E-state index in [0.717, 1.165) is 10.3 Å². The molecule has 0 bridgehead atoms. The summed E-state index contributed by atoms with van der Waals surface area (Å²) in [5, 5.41) is 18.8. The molecule has 0 unspecified atom stereocenters. The van der Waals surface area contributed by atoms with Crippen molar-refractivity contribution in [2.45, 2.75) is 0 Å². The number of guanidine groups is 1. The van der Waals surface area contributed by atoms with E-state index in [9.17, 15) is 14.9 Å². The Morgan fingerprint density at radius 1 is 1.19 bits per heavy atom. The maximum Gasteiger partial charge on any atom is 0.276 e. The number of carbonyl (C=O) groups is 1. The molecule has 1 heterocycles. The summed E-state index contributed by atoms with van der Waals surface area (Å²) in [4.78, 5) is 26.4. The number of nitrogens with zero attached hydrogens (tertiary/aromatic N) is 2. The minimum absolute atomic E-state index is 0.0186. The summed E-state index contributed by atoms with van der Waals surface area (Å²) in [6.45, 7) is 0. The molecule has 0 aliphatic heterocycles. The number of non-ortho nitro benzene ring substituents is 1. The van der Waals surface area contributed by atoms with E-state index >= 15 is 0 Å². The van der Waals surface area contributed by atoms with Crippen LogP contribution in [0.15, 0.2) is 48.5 Å². The lowest BCUT2D eigenvalue weighted by atomic mass is 10.2. The van der Waals surface area contributed by atoms with Crippen molar-refractivity contribution in [2.24, 2.45) is 5.73 Å². The Labute approximate surface area is 147 Å². The molecule has 132 valence electrons. The molecular weight excluding hydrogens is 338 g/mol. The molecule has 0 radical (unpaired) electrons. The van der Waals surface area contributed by atoms with E-state index < -0.39 is 10.8 Å². The number of amides is 1. The third-order valence-electron chi connectivity index (χ3n) is 3.77. The standard InChI is InChI=1S/C17H15N5O4/c1-21(17(18)19)16(23)15-8-10-2-5-13(9-14(10)20-15)26-12-6-3-11(4-7-12)22(24)25/h2-9,20H,1H3,(H3,18,19). The normalized spacial score (nSPS) is 10.5. The summed E-state index contributed by atoms with van der Waals surface area (Å²) in [5.74, 6) is 0.184. The molecule has 0 saturated heterocycles. The molecule has 0 aliphatic rings. The third-order valence-corrected chi connectivity index (χ3v) is 3.77. The van der Waals surface area contributed by atoms with Crippen molar-refractivity contribution in [3.8, 4) is 11.5 Å². The molecule has 0 aliphatic carbocycles. The van der Waals surface area contributed by atoms with Crippen molar-refractivity contribution in [3.05, 3.63) is 64.3 Å². The van der Waals surface area contributed by atoms with Crippen LogP contribution in [0.3, 0.4) is 0 Å². The minimum atomic E-state index is -0.481. The molecule has 9 heteroatoms. The molecule has 3 rings (SSSR count). The average molecular weight is 353 g/mol. The lowest BCUT2D eigenvalue weighted by molar-refractivity contribution is -0.384. The molecule has 9 nitrogen and oxygen atoms in total. The highest BCUT2D eigenvalue weighted by Crippen LogP contribution is 2.27. The van der Waals surface area contributed by atoms with Crippen molar-refractivity contribution in [1.29, 1.82) is 5.41 Å². The number of nitro benzene ring substituents is 1. The number of nitrogens with two attached hydrogens (primary N) is 1. The molecule has 0 saturated carbocycles. The van der Waals surface area contributed by atoms with Gasteiger partial charge in [-0.15, -0.1) is 0 Å². The predicted octanol–water partition coefficient (Wildman–Crippen LogP) is 2.83. The van der Waals surface area contributed by atoms with Gasteiger partial charge >= 0.3 is 0 Å². The van der Waals surface area contributed by atoms with Crippen LogP contribution in [0.2, 0.25) is 0 Å². The van der Waals surface area contributed by atoms with Gasteiger partial charge in [-0.25, -0.2) is 0 Å². The highest BCUT2D eigenvalue weighted by Gasteiger charge is 2.16. The second kappa shape index (κ2) is 6.55. The molecule has 4 N–H and O–H groups in total. The zero-order valence-corrected chi connectivity index (χ0v) is 13.7. The van der Waals surface area contributed by atoms with Gasteiger partial charge in [0.1, 0.15) is 17.2 Å². The van der Waals surface area contributed by atoms with Crippen LogP contribution >= 0.6 is 0 Å². The van der Waals surface area contributed by atoms with Gasteiger partial charge in [0.2, 0.25) is 0 Å². The molecule has 0 fully saturated rings. The van der Waals surface area contributed by atoms with Crippen molar-refractivity contribution in [1.82, 2.24) is 9.88 Å². The van der Waals surface area contributed by atoms with Crippen LogP contribution in [-0.2, 0) is 0 Å². The lowest BCUT2D eigenvalue weighted by Gasteiger charge is -2.12. The van der Waals surface area contributed by atoms with E-state index in [1.165, 1.54) is 31.3 Å². The number of carbonyl (C=O) groups excluding carboxylic acids is 1. The fraction of sp³-hybridized carbons (Fsp3) is 0.0588. The number of aromatic nitrogens is 1. The van der Waals surface area contributed by atoms with Gasteiger partial charge in [0.25, 0.3) is 11.6 Å². The number of hydrogen-bond acceptors (Lipinski definition) is 5. The Kier molecular flexibility index (Phi) is 4.27. The summed E-state index contributed by atoms with van der Waals surface area (Å²) in [6.07, 6.45) is 0. The SMILES string of the molecule is CN(C(=N)N)C(=O)c1cc2ccc(Oc3ccc([N+](=O)[O-])cc3)cc2[nH]1. The summed E-state index contributed by atoms with van der Waals surface area (Å²) >= 11 is 0. The quantitative estimate of drug-likeness (QED) is 0.286. The zero-order valence-electron chi connectivity index (χ0n) is 13.7. The zero-order chi connectivity index (χ0) is 18.8. The molecule has 2 aromatic carbocycles. The number of nitro groups is 1. The second-order valence-electron chi connectivity index (χ2n) is 5.53. The van der Waals surface area contributed by atoms with Gasteiger partial charge < -0.3 is 15.5 Å². The second-order valence-corrected chi connectivity index (χ2v) is 5.53. The van der Waals surface area contributed by atoms with Crippen LogP contribution in [0.4, 0.5) is 5.69 Å². The van der Waals surface area contributed by atoms with Crippen LogP contribution in [0.1, 0.15) is 10.5 Å². The maximum atomic E-state index is 12.2. The van der Waals surface area contributed by atoms with E-state index in [-0.39, 0.29) is 11.6 Å². The van der Waals surface area contributed by atoms with Crippen LogP contribution in [0.5, 0.6) is 11.5 Å². The van der Waals surface area contributed by atoms with Crippen LogP contribution in [0, 0.1) is 15.5 Å². The third kappa shape index (κ3) is 3.31. The molecule has 26 heavy (non-hydrogen) atoms. The first kappa shape index (κ1) is 17.0. The van der Waals surface area contributed by atoms with Gasteiger partial charge in [-0.3, -0.25) is 25.2 Å². The van der Waals surface area contributed by atoms with Crippen LogP contribution in [-0.4, -0.2) is 33.7 Å². The van der Waals surface area contributed by atoms with Crippen LogP contribution in [0.25, 0.3) is 10.9 Å². The lowest BCUT2D eigenvalue weighted by Crippen LogP contribution is -2.38. The smallest absolute Gasteiger partial charge is 0.276 e. The average Bonchev–Trinajstić information content (AvgIpc) is 3.04. The number of rotatable bonds is 4. The number of aromatic amines is 1.